The van der Waals surface area contributed by atoms with Crippen LogP contribution in [-0.4, -0.2) is 97.0 Å². The van der Waals surface area contributed by atoms with E-state index in [9.17, 15) is 0 Å². The third kappa shape index (κ3) is 4.04. The van der Waals surface area contributed by atoms with Crippen LogP contribution < -0.4 is 0 Å². The van der Waals surface area contributed by atoms with Crippen molar-refractivity contribution in [2.45, 2.75) is 44.9 Å². The minimum absolute atomic E-state index is 1.02. The van der Waals surface area contributed by atoms with Crippen LogP contribution in [0, 0.1) is 0 Å². The number of rotatable bonds is 6. The Bertz CT molecular complexity index is 458. The van der Waals surface area contributed by atoms with Gasteiger partial charge in [0, 0.05) is 65.4 Å². The van der Waals surface area contributed by atoms with Gasteiger partial charge in [0.05, 0.1) is 0 Å². The predicted octanol–water partition coefficient (Wildman–Crippen LogP) is 1.69. The Hall–Kier alpha value is -1.46. The summed E-state index contributed by atoms with van der Waals surface area (Å²) in [5.74, 6) is 2.58. The number of nitrogens with zero attached hydrogens (tertiary/aromatic N) is 6. The van der Waals surface area contributed by atoms with E-state index in [4.69, 9.17) is 9.98 Å². The minimum atomic E-state index is 1.02. The first-order valence-electron chi connectivity index (χ1n) is 10.5. The number of unbranched alkanes of at least 4 members (excludes halogenated alkanes) is 2. The lowest BCUT2D eigenvalue weighted by Gasteiger charge is -2.41. The molecule has 4 aliphatic rings. The Morgan fingerprint density at radius 2 is 1.04 bits per heavy atom. The number of hydrogen-bond donors (Lipinski definition) is 0. The van der Waals surface area contributed by atoms with Gasteiger partial charge in [-0.3, -0.25) is 9.98 Å². The van der Waals surface area contributed by atoms with Gasteiger partial charge in [-0.25, -0.2) is 0 Å². The van der Waals surface area contributed by atoms with Crippen molar-refractivity contribution in [3.05, 3.63) is 0 Å². The second-order valence-corrected chi connectivity index (χ2v) is 7.79. The van der Waals surface area contributed by atoms with Gasteiger partial charge in [-0.1, -0.05) is 0 Å². The van der Waals surface area contributed by atoms with Gasteiger partial charge in [-0.05, 0) is 44.9 Å². The summed E-state index contributed by atoms with van der Waals surface area (Å²) in [7, 11) is 0. The van der Waals surface area contributed by atoms with Crippen LogP contribution in [0.3, 0.4) is 0 Å². The van der Waals surface area contributed by atoms with Gasteiger partial charge in [0.2, 0.25) is 0 Å². The fraction of sp³-hybridized carbons (Fsp3) is 0.895. The van der Waals surface area contributed by atoms with Gasteiger partial charge in [-0.15, -0.1) is 0 Å². The number of hydrogen-bond acceptors (Lipinski definition) is 6. The van der Waals surface area contributed by atoms with Crippen molar-refractivity contribution in [1.82, 2.24) is 19.6 Å². The zero-order valence-corrected chi connectivity index (χ0v) is 15.7. The molecule has 6 heteroatoms. The van der Waals surface area contributed by atoms with Gasteiger partial charge in [-0.2, -0.15) is 0 Å². The Balaban J connectivity index is 1.18. The van der Waals surface area contributed by atoms with Crippen LogP contribution in [0.1, 0.15) is 44.9 Å². The Kier molecular flexibility index (Phi) is 5.62. The quantitative estimate of drug-likeness (QED) is 0.686. The molecule has 140 valence electrons. The molecule has 4 aliphatic heterocycles. The normalized spacial score (nSPS) is 23.8. The number of aliphatic imine (C=N–C) groups is 2. The van der Waals surface area contributed by atoms with Crippen molar-refractivity contribution in [3.8, 4) is 0 Å². The maximum atomic E-state index is 4.79. The van der Waals surface area contributed by atoms with Crippen LogP contribution in [-0.2, 0) is 0 Å². The van der Waals surface area contributed by atoms with E-state index in [1.807, 2.05) is 0 Å². The van der Waals surface area contributed by atoms with Crippen LogP contribution in [0.15, 0.2) is 9.98 Å². The SMILES string of the molecule is C(CCN1CCCN2CCCN=C12)CCN1CCCN2CCCN=C12. The third-order valence-corrected chi connectivity index (χ3v) is 5.88. The van der Waals surface area contributed by atoms with E-state index in [0.717, 1.165) is 13.1 Å². The van der Waals surface area contributed by atoms with E-state index in [1.165, 1.54) is 109 Å². The summed E-state index contributed by atoms with van der Waals surface area (Å²) in [5, 5.41) is 0. The smallest absolute Gasteiger partial charge is 0.196 e. The van der Waals surface area contributed by atoms with Crippen LogP contribution in [0.5, 0.6) is 0 Å². The second kappa shape index (κ2) is 8.28. The molecule has 0 aromatic heterocycles. The maximum absolute atomic E-state index is 4.79. The molecule has 0 saturated carbocycles. The molecule has 0 N–H and O–H groups in total. The molecular weight excluding hydrogens is 312 g/mol. The van der Waals surface area contributed by atoms with Crippen LogP contribution in [0.25, 0.3) is 0 Å². The first kappa shape index (κ1) is 17.0. The standard InChI is InChI=1S/C19H34N6/c1(2-10-22-14-6-16-24-12-4-8-20-18(22)24)3-11-23-15-7-17-25-13-5-9-21-19(23)25/h1-17H2. The lowest BCUT2D eigenvalue weighted by Crippen LogP contribution is -2.52. The molecule has 2 fully saturated rings. The zero-order valence-electron chi connectivity index (χ0n) is 15.7. The molecule has 2 saturated heterocycles. The molecule has 6 nitrogen and oxygen atoms in total. The topological polar surface area (TPSA) is 37.7 Å². The predicted molar refractivity (Wildman–Crippen MR) is 103 cm³/mol. The van der Waals surface area contributed by atoms with E-state index in [2.05, 4.69) is 19.6 Å². The summed E-state index contributed by atoms with van der Waals surface area (Å²) in [6.07, 6.45) is 8.94. The number of guanidine groups is 2. The Labute approximate surface area is 152 Å². The second-order valence-electron chi connectivity index (χ2n) is 7.79. The highest BCUT2D eigenvalue weighted by Gasteiger charge is 2.26. The molecule has 0 spiro atoms. The molecule has 0 aliphatic carbocycles. The molecule has 4 rings (SSSR count). The van der Waals surface area contributed by atoms with E-state index in [-0.39, 0.29) is 0 Å². The van der Waals surface area contributed by atoms with Gasteiger partial charge in [0.15, 0.2) is 11.9 Å². The van der Waals surface area contributed by atoms with Gasteiger partial charge in [0.25, 0.3) is 0 Å². The molecule has 0 aromatic rings. The molecule has 0 amide bonds. The van der Waals surface area contributed by atoms with Crippen molar-refractivity contribution in [3.63, 3.8) is 0 Å². The van der Waals surface area contributed by atoms with E-state index in [1.54, 1.807) is 0 Å². The van der Waals surface area contributed by atoms with Crippen molar-refractivity contribution in [2.24, 2.45) is 9.98 Å². The highest BCUT2D eigenvalue weighted by Crippen LogP contribution is 2.17. The van der Waals surface area contributed by atoms with E-state index >= 15 is 0 Å². The first-order valence-corrected chi connectivity index (χ1v) is 10.5. The fourth-order valence-electron chi connectivity index (χ4n) is 4.62. The Morgan fingerprint density at radius 1 is 0.560 bits per heavy atom. The highest BCUT2D eigenvalue weighted by molar-refractivity contribution is 5.81. The zero-order chi connectivity index (χ0) is 16.9. The largest absolute Gasteiger partial charge is 0.343 e. The summed E-state index contributed by atoms with van der Waals surface area (Å²) >= 11 is 0. The third-order valence-electron chi connectivity index (χ3n) is 5.88. The summed E-state index contributed by atoms with van der Waals surface area (Å²) in [5.41, 5.74) is 0. The van der Waals surface area contributed by atoms with Gasteiger partial charge in [0.1, 0.15) is 0 Å². The summed E-state index contributed by atoms with van der Waals surface area (Å²) in [4.78, 5) is 19.6. The summed E-state index contributed by atoms with van der Waals surface area (Å²) < 4.78 is 0. The molecule has 0 radical (unpaired) electrons. The van der Waals surface area contributed by atoms with Gasteiger partial charge >= 0.3 is 0 Å². The summed E-state index contributed by atoms with van der Waals surface area (Å²) in [6, 6.07) is 0. The molecular formula is C19H34N6. The maximum Gasteiger partial charge on any atom is 0.196 e. The lowest BCUT2D eigenvalue weighted by molar-refractivity contribution is 0.232. The average Bonchev–Trinajstić information content (AvgIpc) is 2.68. The van der Waals surface area contributed by atoms with Crippen molar-refractivity contribution in [1.29, 1.82) is 0 Å². The van der Waals surface area contributed by atoms with Crippen molar-refractivity contribution < 1.29 is 0 Å². The van der Waals surface area contributed by atoms with E-state index < -0.39 is 0 Å². The minimum Gasteiger partial charge on any atom is -0.343 e. The molecule has 0 bridgehead atoms. The molecule has 0 atom stereocenters. The van der Waals surface area contributed by atoms with Crippen LogP contribution >= 0.6 is 0 Å². The molecule has 0 aromatic carbocycles. The average molecular weight is 347 g/mol. The molecule has 0 unspecified atom stereocenters. The van der Waals surface area contributed by atoms with Crippen LogP contribution in [0.2, 0.25) is 0 Å². The van der Waals surface area contributed by atoms with Crippen LogP contribution in [0.4, 0.5) is 0 Å². The first-order chi connectivity index (χ1) is 12.4. The van der Waals surface area contributed by atoms with Crippen molar-refractivity contribution in [2.75, 3.05) is 65.4 Å². The Morgan fingerprint density at radius 3 is 1.56 bits per heavy atom. The molecule has 25 heavy (non-hydrogen) atoms. The highest BCUT2D eigenvalue weighted by atomic mass is 15.4. The van der Waals surface area contributed by atoms with Crippen molar-refractivity contribution >= 4 is 11.9 Å². The monoisotopic (exact) mass is 346 g/mol. The van der Waals surface area contributed by atoms with E-state index in [0.29, 0.717) is 0 Å². The fourth-order valence-corrected chi connectivity index (χ4v) is 4.62. The summed E-state index contributed by atoms with van der Waals surface area (Å²) in [6.45, 7) is 11.7. The number of fused-ring (bicyclic) bond motifs is 2. The molecule has 4 heterocycles. The lowest BCUT2D eigenvalue weighted by atomic mass is 10.1. The van der Waals surface area contributed by atoms with Gasteiger partial charge < -0.3 is 19.6 Å².